The number of ether oxygens (including phenoxy) is 1. The van der Waals surface area contributed by atoms with Gasteiger partial charge in [-0.15, -0.1) is 0 Å². The van der Waals surface area contributed by atoms with Gasteiger partial charge in [0.2, 0.25) is 0 Å². The molecule has 1 N–H and O–H groups in total. The van der Waals surface area contributed by atoms with Crippen molar-refractivity contribution in [2.24, 2.45) is 0 Å². The van der Waals surface area contributed by atoms with E-state index >= 15 is 0 Å². The van der Waals surface area contributed by atoms with E-state index in [1.54, 1.807) is 13.1 Å². The van der Waals surface area contributed by atoms with Crippen LogP contribution >= 0.6 is 0 Å². The highest BCUT2D eigenvalue weighted by molar-refractivity contribution is 6.00. The van der Waals surface area contributed by atoms with Crippen LogP contribution in [0.25, 0.3) is 0 Å². The Balaban J connectivity index is 2.96. The number of benzene rings is 1. The highest BCUT2D eigenvalue weighted by atomic mass is 16.5. The van der Waals surface area contributed by atoms with E-state index in [2.05, 4.69) is 0 Å². The molecular formula is C14H19NO4. The van der Waals surface area contributed by atoms with Crippen LogP contribution < -0.4 is 4.74 Å². The highest BCUT2D eigenvalue weighted by Gasteiger charge is 2.17. The Hall–Kier alpha value is -1.88. The van der Waals surface area contributed by atoms with Gasteiger partial charge in [0.15, 0.2) is 5.78 Å². The normalized spacial score (nSPS) is 10.6. The molecule has 0 aliphatic rings. The van der Waals surface area contributed by atoms with Crippen molar-refractivity contribution in [1.82, 2.24) is 4.90 Å². The Morgan fingerprint density at radius 2 is 1.89 bits per heavy atom. The van der Waals surface area contributed by atoms with Gasteiger partial charge in [-0.1, -0.05) is 6.07 Å². The van der Waals surface area contributed by atoms with Gasteiger partial charge in [-0.05, 0) is 38.1 Å². The number of nitrogens with zero attached hydrogens (tertiary/aromatic N) is 1. The van der Waals surface area contributed by atoms with E-state index in [9.17, 15) is 9.59 Å². The van der Waals surface area contributed by atoms with Crippen LogP contribution in [0, 0.1) is 13.8 Å². The minimum absolute atomic E-state index is 0.0472. The molecular weight excluding hydrogens is 246 g/mol. The van der Waals surface area contributed by atoms with Crippen molar-refractivity contribution in [3.63, 3.8) is 0 Å². The van der Waals surface area contributed by atoms with Crippen molar-refractivity contribution >= 4 is 11.8 Å². The summed E-state index contributed by atoms with van der Waals surface area (Å²) in [4.78, 5) is 24.2. The lowest BCUT2D eigenvalue weighted by Gasteiger charge is -2.16. The van der Waals surface area contributed by atoms with E-state index < -0.39 is 5.97 Å². The molecule has 0 aromatic heterocycles. The first-order chi connectivity index (χ1) is 8.85. The largest absolute Gasteiger partial charge is 0.496 e. The molecule has 0 heterocycles. The summed E-state index contributed by atoms with van der Waals surface area (Å²) in [6, 6.07) is 3.71. The van der Waals surface area contributed by atoms with Gasteiger partial charge in [0.25, 0.3) is 0 Å². The quantitative estimate of drug-likeness (QED) is 0.790. The lowest BCUT2D eigenvalue weighted by atomic mass is 10.0. The third-order valence-corrected chi connectivity index (χ3v) is 2.74. The molecule has 0 radical (unpaired) electrons. The minimum Gasteiger partial charge on any atom is -0.496 e. The number of hydrogen-bond acceptors (Lipinski definition) is 4. The minimum atomic E-state index is -0.956. The average molecular weight is 265 g/mol. The standard InChI is InChI=1S/C14H19NO4/c1-9-5-10(2)14(19-4)11(6-9)12(16)7-15(3)8-13(17)18/h5-6H,7-8H2,1-4H3,(H,17,18). The number of carboxylic acids is 1. The molecule has 0 saturated heterocycles. The molecule has 0 amide bonds. The topological polar surface area (TPSA) is 66.8 Å². The number of hydrogen-bond donors (Lipinski definition) is 1. The van der Waals surface area contributed by atoms with Crippen molar-refractivity contribution in [3.8, 4) is 5.75 Å². The molecule has 0 bridgehead atoms. The number of ketones is 1. The van der Waals surface area contributed by atoms with Crippen molar-refractivity contribution in [2.45, 2.75) is 13.8 Å². The Kier molecular flexibility index (Phi) is 5.06. The van der Waals surface area contributed by atoms with Crippen molar-refractivity contribution in [2.75, 3.05) is 27.2 Å². The van der Waals surface area contributed by atoms with Crippen LogP contribution in [0.3, 0.4) is 0 Å². The maximum Gasteiger partial charge on any atom is 0.317 e. The molecule has 1 rings (SSSR count). The first-order valence-electron chi connectivity index (χ1n) is 5.94. The molecule has 0 spiro atoms. The Labute approximate surface area is 112 Å². The highest BCUT2D eigenvalue weighted by Crippen LogP contribution is 2.25. The molecule has 19 heavy (non-hydrogen) atoms. The lowest BCUT2D eigenvalue weighted by Crippen LogP contribution is -2.31. The van der Waals surface area contributed by atoms with Crippen molar-refractivity contribution in [1.29, 1.82) is 0 Å². The number of methoxy groups -OCH3 is 1. The first kappa shape index (κ1) is 15.2. The number of carbonyl (C=O) groups excluding carboxylic acids is 1. The van der Waals surface area contributed by atoms with E-state index in [4.69, 9.17) is 9.84 Å². The van der Waals surface area contributed by atoms with Gasteiger partial charge in [0, 0.05) is 0 Å². The van der Waals surface area contributed by atoms with Gasteiger partial charge in [0.05, 0.1) is 25.8 Å². The number of aryl methyl sites for hydroxylation is 2. The molecule has 5 heteroatoms. The van der Waals surface area contributed by atoms with Gasteiger partial charge in [0.1, 0.15) is 5.75 Å². The number of carbonyl (C=O) groups is 2. The lowest BCUT2D eigenvalue weighted by molar-refractivity contribution is -0.137. The second-order valence-electron chi connectivity index (χ2n) is 4.65. The van der Waals surface area contributed by atoms with Gasteiger partial charge in [-0.25, -0.2) is 0 Å². The van der Waals surface area contributed by atoms with Crippen molar-refractivity contribution in [3.05, 3.63) is 28.8 Å². The van der Waals surface area contributed by atoms with Crippen LogP contribution in [0.5, 0.6) is 5.75 Å². The Morgan fingerprint density at radius 1 is 1.26 bits per heavy atom. The third kappa shape index (κ3) is 4.06. The average Bonchev–Trinajstić information content (AvgIpc) is 2.26. The Bertz CT molecular complexity index is 496. The summed E-state index contributed by atoms with van der Waals surface area (Å²) in [5.74, 6) is -0.547. The number of rotatable bonds is 6. The van der Waals surface area contributed by atoms with Gasteiger partial charge >= 0.3 is 5.97 Å². The van der Waals surface area contributed by atoms with Crippen LogP contribution in [0.1, 0.15) is 21.5 Å². The summed E-state index contributed by atoms with van der Waals surface area (Å²) in [7, 11) is 3.12. The fraction of sp³-hybridized carbons (Fsp3) is 0.429. The molecule has 1 aromatic carbocycles. The second kappa shape index (κ2) is 6.33. The maximum atomic E-state index is 12.2. The molecule has 0 aliphatic heterocycles. The molecule has 0 fully saturated rings. The summed E-state index contributed by atoms with van der Waals surface area (Å²) < 4.78 is 5.26. The SMILES string of the molecule is COc1c(C)cc(C)cc1C(=O)CN(C)CC(=O)O. The zero-order valence-electron chi connectivity index (χ0n) is 11.7. The number of Topliss-reactive ketones (excluding diaryl/α,β-unsaturated/α-hetero) is 1. The summed E-state index contributed by atoms with van der Waals surface area (Å²) in [6.45, 7) is 3.66. The van der Waals surface area contributed by atoms with Gasteiger partial charge < -0.3 is 9.84 Å². The van der Waals surface area contributed by atoms with Crippen LogP contribution in [0.15, 0.2) is 12.1 Å². The van der Waals surface area contributed by atoms with Crippen LogP contribution in [0.4, 0.5) is 0 Å². The summed E-state index contributed by atoms with van der Waals surface area (Å²) in [5, 5.41) is 8.68. The maximum absolute atomic E-state index is 12.2. The molecule has 0 atom stereocenters. The van der Waals surface area contributed by atoms with E-state index in [1.165, 1.54) is 12.0 Å². The monoisotopic (exact) mass is 265 g/mol. The molecule has 1 aromatic rings. The van der Waals surface area contributed by atoms with E-state index in [0.29, 0.717) is 11.3 Å². The molecule has 0 aliphatic carbocycles. The predicted molar refractivity (Wildman–Crippen MR) is 71.9 cm³/mol. The number of aliphatic carboxylic acids is 1. The van der Waals surface area contributed by atoms with Crippen LogP contribution in [-0.4, -0.2) is 49.0 Å². The smallest absolute Gasteiger partial charge is 0.317 e. The number of likely N-dealkylation sites (N-methyl/N-ethyl adjacent to an activating group) is 1. The van der Waals surface area contributed by atoms with Crippen LogP contribution in [-0.2, 0) is 4.79 Å². The van der Waals surface area contributed by atoms with E-state index in [0.717, 1.165) is 11.1 Å². The third-order valence-electron chi connectivity index (χ3n) is 2.74. The summed E-state index contributed by atoms with van der Waals surface area (Å²) >= 11 is 0. The first-order valence-corrected chi connectivity index (χ1v) is 5.94. The molecule has 5 nitrogen and oxygen atoms in total. The molecule has 104 valence electrons. The summed E-state index contributed by atoms with van der Waals surface area (Å²) in [5.41, 5.74) is 2.37. The zero-order chi connectivity index (χ0) is 14.6. The second-order valence-corrected chi connectivity index (χ2v) is 4.65. The van der Waals surface area contributed by atoms with Crippen LogP contribution in [0.2, 0.25) is 0 Å². The predicted octanol–water partition coefficient (Wildman–Crippen LogP) is 1.51. The van der Waals surface area contributed by atoms with Crippen molar-refractivity contribution < 1.29 is 19.4 Å². The summed E-state index contributed by atoms with van der Waals surface area (Å²) in [6.07, 6.45) is 0. The zero-order valence-corrected chi connectivity index (χ0v) is 11.7. The van der Waals surface area contributed by atoms with E-state index in [-0.39, 0.29) is 18.9 Å². The fourth-order valence-electron chi connectivity index (χ4n) is 2.05. The van der Waals surface area contributed by atoms with Gasteiger partial charge in [-0.2, -0.15) is 0 Å². The van der Waals surface area contributed by atoms with E-state index in [1.807, 2.05) is 19.9 Å². The van der Waals surface area contributed by atoms with Gasteiger partial charge in [-0.3, -0.25) is 14.5 Å². The molecule has 0 saturated carbocycles. The molecule has 0 unspecified atom stereocenters. The number of carboxylic acid groups (broad SMARTS) is 1. The Morgan fingerprint density at radius 3 is 2.42 bits per heavy atom. The fourth-order valence-corrected chi connectivity index (χ4v) is 2.05.